The molecule has 0 spiro atoms. The molecule has 2 atom stereocenters. The number of nitrogens with two attached hydrogens (primary N) is 1. The number of halogens is 1. The second-order valence-electron chi connectivity index (χ2n) is 3.86. The van der Waals surface area contributed by atoms with E-state index in [9.17, 15) is 0 Å². The maximum absolute atomic E-state index is 6.13. The van der Waals surface area contributed by atoms with Crippen molar-refractivity contribution in [3.05, 3.63) is 34.9 Å². The molecule has 2 heteroatoms. The Balaban J connectivity index is 2.78. The van der Waals surface area contributed by atoms with Crippen molar-refractivity contribution in [2.75, 3.05) is 6.54 Å². The molecule has 0 aliphatic carbocycles. The fourth-order valence-corrected chi connectivity index (χ4v) is 1.97. The van der Waals surface area contributed by atoms with Crippen LogP contribution in [0.3, 0.4) is 0 Å². The maximum atomic E-state index is 6.13. The molecule has 0 bridgehead atoms. The molecular weight excluding hydrogens is 194 g/mol. The standard InChI is InChI=1S/C12H18ClN/c1-9(7-8-14)10(2)11-5-3-4-6-12(11)13/h3-6,9-10H,7-8,14H2,1-2H3. The molecule has 0 saturated carbocycles. The molecule has 1 aromatic carbocycles. The van der Waals surface area contributed by atoms with E-state index in [0.717, 1.165) is 18.0 Å². The van der Waals surface area contributed by atoms with Crippen molar-refractivity contribution in [2.45, 2.75) is 26.2 Å². The van der Waals surface area contributed by atoms with Crippen LogP contribution in [-0.2, 0) is 0 Å². The van der Waals surface area contributed by atoms with Crippen LogP contribution in [0.25, 0.3) is 0 Å². The topological polar surface area (TPSA) is 26.0 Å². The Morgan fingerprint density at radius 3 is 2.50 bits per heavy atom. The Hall–Kier alpha value is -0.530. The molecule has 1 rings (SSSR count). The molecule has 2 N–H and O–H groups in total. The van der Waals surface area contributed by atoms with Gasteiger partial charge < -0.3 is 5.73 Å². The van der Waals surface area contributed by atoms with Gasteiger partial charge in [0.2, 0.25) is 0 Å². The van der Waals surface area contributed by atoms with Gasteiger partial charge in [-0.15, -0.1) is 0 Å². The zero-order valence-corrected chi connectivity index (χ0v) is 9.59. The summed E-state index contributed by atoms with van der Waals surface area (Å²) in [7, 11) is 0. The monoisotopic (exact) mass is 211 g/mol. The van der Waals surface area contributed by atoms with Gasteiger partial charge in [-0.05, 0) is 36.4 Å². The van der Waals surface area contributed by atoms with Crippen molar-refractivity contribution >= 4 is 11.6 Å². The van der Waals surface area contributed by atoms with E-state index < -0.39 is 0 Å². The van der Waals surface area contributed by atoms with E-state index in [-0.39, 0.29) is 0 Å². The summed E-state index contributed by atoms with van der Waals surface area (Å²) in [4.78, 5) is 0. The lowest BCUT2D eigenvalue weighted by Gasteiger charge is -2.20. The molecule has 0 aromatic heterocycles. The summed E-state index contributed by atoms with van der Waals surface area (Å²) < 4.78 is 0. The molecule has 0 fully saturated rings. The summed E-state index contributed by atoms with van der Waals surface area (Å²) in [6, 6.07) is 8.04. The lowest BCUT2D eigenvalue weighted by Crippen LogP contribution is -2.12. The third-order valence-corrected chi connectivity index (χ3v) is 3.22. The Labute approximate surface area is 91.3 Å². The summed E-state index contributed by atoms with van der Waals surface area (Å²) in [6.45, 7) is 5.18. The number of benzene rings is 1. The molecule has 0 radical (unpaired) electrons. The van der Waals surface area contributed by atoms with Crippen LogP contribution in [-0.4, -0.2) is 6.54 Å². The Kier molecular flexibility index (Phi) is 4.43. The van der Waals surface area contributed by atoms with Crippen molar-refractivity contribution in [1.29, 1.82) is 0 Å². The highest BCUT2D eigenvalue weighted by molar-refractivity contribution is 6.31. The van der Waals surface area contributed by atoms with Gasteiger partial charge in [0.1, 0.15) is 0 Å². The van der Waals surface area contributed by atoms with E-state index in [1.165, 1.54) is 5.56 Å². The normalized spacial score (nSPS) is 15.1. The second-order valence-corrected chi connectivity index (χ2v) is 4.27. The molecule has 1 aromatic rings. The first kappa shape index (κ1) is 11.5. The van der Waals surface area contributed by atoms with E-state index in [4.69, 9.17) is 17.3 Å². The van der Waals surface area contributed by atoms with Crippen LogP contribution in [0.15, 0.2) is 24.3 Å². The van der Waals surface area contributed by atoms with Crippen LogP contribution < -0.4 is 5.73 Å². The van der Waals surface area contributed by atoms with Gasteiger partial charge in [0, 0.05) is 5.02 Å². The van der Waals surface area contributed by atoms with E-state index in [1.54, 1.807) is 0 Å². The predicted molar refractivity (Wildman–Crippen MR) is 62.7 cm³/mol. The van der Waals surface area contributed by atoms with E-state index in [1.807, 2.05) is 18.2 Å². The van der Waals surface area contributed by atoms with Crippen molar-refractivity contribution in [3.63, 3.8) is 0 Å². The molecule has 78 valence electrons. The lowest BCUT2D eigenvalue weighted by molar-refractivity contribution is 0.459. The number of hydrogen-bond acceptors (Lipinski definition) is 1. The van der Waals surface area contributed by atoms with Crippen LogP contribution in [0.1, 0.15) is 31.7 Å². The number of rotatable bonds is 4. The van der Waals surface area contributed by atoms with Crippen LogP contribution in [0.4, 0.5) is 0 Å². The van der Waals surface area contributed by atoms with Gasteiger partial charge in [0.25, 0.3) is 0 Å². The zero-order chi connectivity index (χ0) is 10.6. The van der Waals surface area contributed by atoms with Crippen LogP contribution in [0.5, 0.6) is 0 Å². The molecule has 0 saturated heterocycles. The molecule has 1 nitrogen and oxygen atoms in total. The first-order chi connectivity index (χ1) is 6.66. The SMILES string of the molecule is CC(CCN)C(C)c1ccccc1Cl. The van der Waals surface area contributed by atoms with Gasteiger partial charge in [0.15, 0.2) is 0 Å². The average molecular weight is 212 g/mol. The van der Waals surface area contributed by atoms with Crippen molar-refractivity contribution < 1.29 is 0 Å². The van der Waals surface area contributed by atoms with Crippen LogP contribution >= 0.6 is 11.6 Å². The zero-order valence-electron chi connectivity index (χ0n) is 8.83. The summed E-state index contributed by atoms with van der Waals surface area (Å²) in [5.74, 6) is 1.06. The third kappa shape index (κ3) is 2.73. The van der Waals surface area contributed by atoms with Crippen molar-refractivity contribution in [2.24, 2.45) is 11.7 Å². The van der Waals surface area contributed by atoms with Crippen LogP contribution in [0, 0.1) is 5.92 Å². The van der Waals surface area contributed by atoms with Gasteiger partial charge in [-0.25, -0.2) is 0 Å². The van der Waals surface area contributed by atoms with Crippen molar-refractivity contribution in [3.8, 4) is 0 Å². The fraction of sp³-hybridized carbons (Fsp3) is 0.500. The van der Waals surface area contributed by atoms with Gasteiger partial charge >= 0.3 is 0 Å². The Bertz CT molecular complexity index is 285. The van der Waals surface area contributed by atoms with E-state index in [2.05, 4.69) is 19.9 Å². The minimum atomic E-state index is 0.479. The highest BCUT2D eigenvalue weighted by Gasteiger charge is 2.15. The minimum Gasteiger partial charge on any atom is -0.330 e. The minimum absolute atomic E-state index is 0.479. The molecule has 0 aliphatic rings. The van der Waals surface area contributed by atoms with Gasteiger partial charge in [-0.2, -0.15) is 0 Å². The average Bonchev–Trinajstić information content (AvgIpc) is 2.18. The smallest absolute Gasteiger partial charge is 0.0440 e. The molecule has 0 aliphatic heterocycles. The maximum Gasteiger partial charge on any atom is 0.0440 e. The Morgan fingerprint density at radius 2 is 1.93 bits per heavy atom. The first-order valence-electron chi connectivity index (χ1n) is 5.11. The highest BCUT2D eigenvalue weighted by atomic mass is 35.5. The second kappa shape index (κ2) is 5.38. The molecule has 0 amide bonds. The lowest BCUT2D eigenvalue weighted by atomic mass is 9.87. The third-order valence-electron chi connectivity index (χ3n) is 2.87. The van der Waals surface area contributed by atoms with E-state index >= 15 is 0 Å². The summed E-state index contributed by atoms with van der Waals surface area (Å²) >= 11 is 6.13. The van der Waals surface area contributed by atoms with Gasteiger partial charge in [-0.3, -0.25) is 0 Å². The summed E-state index contributed by atoms with van der Waals surface area (Å²) in [5.41, 5.74) is 6.78. The quantitative estimate of drug-likeness (QED) is 0.812. The molecule has 14 heavy (non-hydrogen) atoms. The molecular formula is C12H18ClN. The predicted octanol–water partition coefficient (Wildman–Crippen LogP) is 3.43. The highest BCUT2D eigenvalue weighted by Crippen LogP contribution is 2.30. The fourth-order valence-electron chi connectivity index (χ4n) is 1.66. The Morgan fingerprint density at radius 1 is 1.29 bits per heavy atom. The van der Waals surface area contributed by atoms with Gasteiger partial charge in [0.05, 0.1) is 0 Å². The van der Waals surface area contributed by atoms with Crippen LogP contribution in [0.2, 0.25) is 5.02 Å². The van der Waals surface area contributed by atoms with Gasteiger partial charge in [-0.1, -0.05) is 43.6 Å². The number of hydrogen-bond donors (Lipinski definition) is 1. The first-order valence-corrected chi connectivity index (χ1v) is 5.49. The summed E-state index contributed by atoms with van der Waals surface area (Å²) in [5, 5.41) is 0.865. The largest absolute Gasteiger partial charge is 0.330 e. The summed E-state index contributed by atoms with van der Waals surface area (Å²) in [6.07, 6.45) is 1.05. The van der Waals surface area contributed by atoms with Crippen molar-refractivity contribution in [1.82, 2.24) is 0 Å². The molecule has 0 heterocycles. The van der Waals surface area contributed by atoms with E-state index in [0.29, 0.717) is 11.8 Å². The molecule has 2 unspecified atom stereocenters.